The molecule has 0 aliphatic heterocycles. The van der Waals surface area contributed by atoms with Crippen LogP contribution >= 0.6 is 0 Å². The standard InChI is InChI=1S/C16H16O4/c1-11(17)19-9-13-6-7-14-4-3-5-15(16(14)8-13)10-20-12(2)18/h3-8H,9-10H2,1-2H3. The molecule has 0 fully saturated rings. The van der Waals surface area contributed by atoms with Crippen LogP contribution in [0.15, 0.2) is 36.4 Å². The molecule has 0 atom stereocenters. The van der Waals surface area contributed by atoms with Gasteiger partial charge in [-0.3, -0.25) is 9.59 Å². The summed E-state index contributed by atoms with van der Waals surface area (Å²) in [6, 6.07) is 11.7. The third-order valence-corrected chi connectivity index (χ3v) is 2.91. The SMILES string of the molecule is CC(=O)OCc1ccc2cccc(COC(C)=O)c2c1. The lowest BCUT2D eigenvalue weighted by atomic mass is 10.0. The molecule has 0 aliphatic carbocycles. The molecule has 0 aliphatic rings. The average Bonchev–Trinajstić information content (AvgIpc) is 2.42. The van der Waals surface area contributed by atoms with Crippen molar-refractivity contribution in [2.45, 2.75) is 27.1 Å². The lowest BCUT2D eigenvalue weighted by Gasteiger charge is -2.09. The highest BCUT2D eigenvalue weighted by atomic mass is 16.5. The number of hydrogen-bond donors (Lipinski definition) is 0. The van der Waals surface area contributed by atoms with E-state index in [2.05, 4.69) is 0 Å². The van der Waals surface area contributed by atoms with Gasteiger partial charge < -0.3 is 9.47 Å². The fraction of sp³-hybridized carbons (Fsp3) is 0.250. The Hall–Kier alpha value is -2.36. The smallest absolute Gasteiger partial charge is 0.302 e. The van der Waals surface area contributed by atoms with Crippen molar-refractivity contribution in [3.05, 3.63) is 47.5 Å². The Kier molecular flexibility index (Phi) is 4.35. The molecule has 0 amide bonds. The number of rotatable bonds is 4. The number of carbonyl (C=O) groups excluding carboxylic acids is 2. The zero-order valence-electron chi connectivity index (χ0n) is 11.5. The highest BCUT2D eigenvalue weighted by Gasteiger charge is 2.05. The van der Waals surface area contributed by atoms with Gasteiger partial charge in [-0.2, -0.15) is 0 Å². The normalized spacial score (nSPS) is 10.3. The second-order valence-electron chi connectivity index (χ2n) is 4.53. The van der Waals surface area contributed by atoms with Crippen molar-refractivity contribution < 1.29 is 19.1 Å². The largest absolute Gasteiger partial charge is 0.461 e. The Labute approximate surface area is 117 Å². The second kappa shape index (κ2) is 6.19. The molecule has 4 heteroatoms. The van der Waals surface area contributed by atoms with Gasteiger partial charge >= 0.3 is 11.9 Å². The van der Waals surface area contributed by atoms with Gasteiger partial charge in [0.05, 0.1) is 0 Å². The van der Waals surface area contributed by atoms with Crippen LogP contribution in [0.25, 0.3) is 10.8 Å². The molecule has 20 heavy (non-hydrogen) atoms. The van der Waals surface area contributed by atoms with E-state index in [4.69, 9.17) is 9.47 Å². The molecule has 2 aromatic rings. The fourth-order valence-electron chi connectivity index (χ4n) is 1.96. The van der Waals surface area contributed by atoms with E-state index in [1.54, 1.807) is 0 Å². The van der Waals surface area contributed by atoms with Crippen LogP contribution in [0.4, 0.5) is 0 Å². The van der Waals surface area contributed by atoms with E-state index >= 15 is 0 Å². The minimum atomic E-state index is -0.307. The number of hydrogen-bond acceptors (Lipinski definition) is 4. The quantitative estimate of drug-likeness (QED) is 0.803. The van der Waals surface area contributed by atoms with Crippen LogP contribution in [0.3, 0.4) is 0 Å². The predicted molar refractivity (Wildman–Crippen MR) is 74.9 cm³/mol. The van der Waals surface area contributed by atoms with E-state index in [9.17, 15) is 9.59 Å². The number of fused-ring (bicyclic) bond motifs is 1. The molecule has 0 unspecified atom stereocenters. The first-order chi connectivity index (χ1) is 9.56. The molecule has 0 heterocycles. The van der Waals surface area contributed by atoms with E-state index in [0.717, 1.165) is 21.9 Å². The summed E-state index contributed by atoms with van der Waals surface area (Å²) < 4.78 is 10.0. The highest BCUT2D eigenvalue weighted by Crippen LogP contribution is 2.21. The average molecular weight is 272 g/mol. The third kappa shape index (κ3) is 3.57. The number of esters is 2. The van der Waals surface area contributed by atoms with Gasteiger partial charge in [-0.15, -0.1) is 0 Å². The molecular weight excluding hydrogens is 256 g/mol. The van der Waals surface area contributed by atoms with Crippen molar-refractivity contribution in [1.82, 2.24) is 0 Å². The Morgan fingerprint density at radius 2 is 1.65 bits per heavy atom. The number of benzene rings is 2. The summed E-state index contributed by atoms with van der Waals surface area (Å²) >= 11 is 0. The van der Waals surface area contributed by atoms with Crippen molar-refractivity contribution in [2.24, 2.45) is 0 Å². The van der Waals surface area contributed by atoms with Crippen LogP contribution in [0.2, 0.25) is 0 Å². The molecule has 0 N–H and O–H groups in total. The van der Waals surface area contributed by atoms with Crippen LogP contribution in [0.5, 0.6) is 0 Å². The van der Waals surface area contributed by atoms with E-state index in [1.165, 1.54) is 13.8 Å². The van der Waals surface area contributed by atoms with Crippen molar-refractivity contribution >= 4 is 22.7 Å². The molecular formula is C16H16O4. The van der Waals surface area contributed by atoms with Gasteiger partial charge in [0.1, 0.15) is 13.2 Å². The third-order valence-electron chi connectivity index (χ3n) is 2.91. The first-order valence-corrected chi connectivity index (χ1v) is 6.33. The van der Waals surface area contributed by atoms with Gasteiger partial charge in [-0.25, -0.2) is 0 Å². The summed E-state index contributed by atoms with van der Waals surface area (Å²) in [6.07, 6.45) is 0. The minimum absolute atomic E-state index is 0.240. The molecule has 104 valence electrons. The van der Waals surface area contributed by atoms with E-state index < -0.39 is 0 Å². The summed E-state index contributed by atoms with van der Waals surface area (Å²) in [5, 5.41) is 2.06. The van der Waals surface area contributed by atoms with Crippen molar-refractivity contribution in [1.29, 1.82) is 0 Å². The maximum atomic E-state index is 10.9. The minimum Gasteiger partial charge on any atom is -0.461 e. The number of carbonyl (C=O) groups is 2. The lowest BCUT2D eigenvalue weighted by molar-refractivity contribution is -0.143. The molecule has 0 bridgehead atoms. The first-order valence-electron chi connectivity index (χ1n) is 6.33. The van der Waals surface area contributed by atoms with Gasteiger partial charge in [0.2, 0.25) is 0 Å². The Morgan fingerprint density at radius 3 is 2.35 bits per heavy atom. The van der Waals surface area contributed by atoms with Gasteiger partial charge in [-0.1, -0.05) is 30.3 Å². The van der Waals surface area contributed by atoms with E-state index in [1.807, 2.05) is 36.4 Å². The van der Waals surface area contributed by atoms with Crippen LogP contribution in [0, 0.1) is 0 Å². The number of ether oxygens (including phenoxy) is 2. The van der Waals surface area contributed by atoms with Crippen molar-refractivity contribution in [2.75, 3.05) is 0 Å². The van der Waals surface area contributed by atoms with Gasteiger partial charge in [0.15, 0.2) is 0 Å². The monoisotopic (exact) mass is 272 g/mol. The Bertz CT molecular complexity index is 646. The van der Waals surface area contributed by atoms with Gasteiger partial charge in [0.25, 0.3) is 0 Å². The highest BCUT2D eigenvalue weighted by molar-refractivity contribution is 5.86. The van der Waals surface area contributed by atoms with Gasteiger partial charge in [0, 0.05) is 13.8 Å². The van der Waals surface area contributed by atoms with Crippen molar-refractivity contribution in [3.8, 4) is 0 Å². The van der Waals surface area contributed by atoms with Gasteiger partial charge in [-0.05, 0) is 28.0 Å². The molecule has 0 saturated carbocycles. The van der Waals surface area contributed by atoms with E-state index in [0.29, 0.717) is 0 Å². The van der Waals surface area contributed by atoms with Crippen LogP contribution < -0.4 is 0 Å². The first kappa shape index (κ1) is 14.1. The second-order valence-corrected chi connectivity index (χ2v) is 4.53. The molecule has 4 nitrogen and oxygen atoms in total. The van der Waals surface area contributed by atoms with E-state index in [-0.39, 0.29) is 25.2 Å². The summed E-state index contributed by atoms with van der Waals surface area (Å²) in [5.41, 5.74) is 1.84. The summed E-state index contributed by atoms with van der Waals surface area (Å²) in [4.78, 5) is 21.8. The van der Waals surface area contributed by atoms with Crippen LogP contribution in [-0.2, 0) is 32.3 Å². The Morgan fingerprint density at radius 1 is 0.950 bits per heavy atom. The zero-order valence-corrected chi connectivity index (χ0v) is 11.5. The fourth-order valence-corrected chi connectivity index (χ4v) is 1.96. The maximum absolute atomic E-state index is 10.9. The van der Waals surface area contributed by atoms with Crippen molar-refractivity contribution in [3.63, 3.8) is 0 Å². The van der Waals surface area contributed by atoms with Crippen LogP contribution in [0.1, 0.15) is 25.0 Å². The zero-order chi connectivity index (χ0) is 14.5. The molecule has 2 rings (SSSR count). The molecule has 0 radical (unpaired) electrons. The summed E-state index contributed by atoms with van der Waals surface area (Å²) in [6.45, 7) is 3.25. The molecule has 0 saturated heterocycles. The summed E-state index contributed by atoms with van der Waals surface area (Å²) in [5.74, 6) is -0.614. The molecule has 0 aromatic heterocycles. The molecule has 2 aromatic carbocycles. The lowest BCUT2D eigenvalue weighted by Crippen LogP contribution is -2.01. The topological polar surface area (TPSA) is 52.6 Å². The maximum Gasteiger partial charge on any atom is 0.302 e. The predicted octanol–water partition coefficient (Wildman–Crippen LogP) is 2.97. The van der Waals surface area contributed by atoms with Crippen LogP contribution in [-0.4, -0.2) is 11.9 Å². The Balaban J connectivity index is 2.30. The molecule has 0 spiro atoms. The summed E-state index contributed by atoms with van der Waals surface area (Å²) in [7, 11) is 0.